The Morgan fingerprint density at radius 2 is 1.54 bits per heavy atom. The topological polar surface area (TPSA) is 48.1 Å². The lowest BCUT2D eigenvalue weighted by molar-refractivity contribution is -0.384. The van der Waals surface area contributed by atoms with Crippen molar-refractivity contribution in [3.63, 3.8) is 0 Å². The molecule has 0 aliphatic heterocycles. The summed E-state index contributed by atoms with van der Waals surface area (Å²) in [7, 11) is 0. The fourth-order valence-electron chi connectivity index (χ4n) is 3.33. The molecule has 28 heavy (non-hydrogen) atoms. The summed E-state index contributed by atoms with van der Waals surface area (Å²) in [5, 5.41) is 11.7. The third-order valence-corrected chi connectivity index (χ3v) is 4.54. The number of para-hydroxylation sites is 3. The molecule has 0 aliphatic rings. The summed E-state index contributed by atoms with van der Waals surface area (Å²) in [6.07, 6.45) is 0. The Labute approximate surface area is 171 Å². The van der Waals surface area contributed by atoms with E-state index in [4.69, 9.17) is 9.60 Å². The third kappa shape index (κ3) is 2.47. The van der Waals surface area contributed by atoms with Gasteiger partial charge < -0.3 is 4.57 Å². The zero-order valence-corrected chi connectivity index (χ0v) is 14.4. The van der Waals surface area contributed by atoms with Gasteiger partial charge >= 0.3 is 0 Å². The van der Waals surface area contributed by atoms with E-state index in [-0.39, 0.29) is 62.8 Å². The predicted molar refractivity (Wildman–Crippen MR) is 113 cm³/mol. The summed E-state index contributed by atoms with van der Waals surface area (Å²) in [5.41, 5.74) is 0.137. The van der Waals surface area contributed by atoms with E-state index in [2.05, 4.69) is 0 Å². The maximum atomic E-state index is 11.7. The molecule has 0 unspecified atom stereocenters. The van der Waals surface area contributed by atoms with E-state index in [1.807, 2.05) is 0 Å². The van der Waals surface area contributed by atoms with Gasteiger partial charge in [0.25, 0.3) is 5.69 Å². The summed E-state index contributed by atoms with van der Waals surface area (Å²) in [4.78, 5) is 11.1. The van der Waals surface area contributed by atoms with Crippen LogP contribution in [-0.2, 0) is 0 Å². The highest BCUT2D eigenvalue weighted by atomic mass is 16.6. The molecule has 0 atom stereocenters. The number of aromatic nitrogens is 1. The molecule has 0 spiro atoms. The Hall–Kier alpha value is -3.92. The van der Waals surface area contributed by atoms with Crippen molar-refractivity contribution >= 4 is 27.5 Å². The van der Waals surface area contributed by atoms with Gasteiger partial charge in [-0.3, -0.25) is 10.1 Å². The first-order chi connectivity index (χ1) is 16.7. The third-order valence-electron chi connectivity index (χ3n) is 4.54. The Balaban J connectivity index is 2.10. The van der Waals surface area contributed by atoms with Crippen LogP contribution in [0.4, 0.5) is 5.69 Å². The second-order valence-electron chi connectivity index (χ2n) is 6.14. The zero-order chi connectivity index (χ0) is 25.2. The molecule has 1 aromatic heterocycles. The van der Waals surface area contributed by atoms with E-state index in [0.29, 0.717) is 5.69 Å². The number of hydrogen-bond acceptors (Lipinski definition) is 2. The highest BCUT2D eigenvalue weighted by Crippen LogP contribution is 2.36. The summed E-state index contributed by atoms with van der Waals surface area (Å²) >= 11 is 0. The first-order valence-corrected chi connectivity index (χ1v) is 8.50. The standard InChI is InChI=1S/C24H16N2O2/c27-26(28)24-13-7-4-10-19(24)17-14-15-23-21(16-17)20-11-5-6-12-22(20)25(23)18-8-2-1-3-9-18/h1-16H/i5D,6D,11D,12D,14D,15D,16D. The van der Waals surface area contributed by atoms with E-state index in [1.54, 1.807) is 30.3 Å². The minimum atomic E-state index is -0.624. The Bertz CT molecular complexity index is 1700. The smallest absolute Gasteiger partial charge is 0.277 e. The number of rotatable bonds is 3. The molecule has 4 aromatic carbocycles. The molecule has 0 N–H and O–H groups in total. The molecule has 0 amide bonds. The fourth-order valence-corrected chi connectivity index (χ4v) is 3.33. The largest absolute Gasteiger partial charge is 0.309 e. The Kier molecular flexibility index (Phi) is 2.37. The molecule has 4 heteroatoms. The van der Waals surface area contributed by atoms with Crippen molar-refractivity contribution < 1.29 is 14.5 Å². The van der Waals surface area contributed by atoms with Crippen molar-refractivity contribution in [2.24, 2.45) is 0 Å². The van der Waals surface area contributed by atoms with Crippen molar-refractivity contribution in [1.82, 2.24) is 4.57 Å². The number of hydrogen-bond donors (Lipinski definition) is 0. The lowest BCUT2D eigenvalue weighted by Crippen LogP contribution is -1.93. The fraction of sp³-hybridized carbons (Fsp3) is 0. The quantitative estimate of drug-likeness (QED) is 0.274. The molecular formula is C24H16N2O2. The van der Waals surface area contributed by atoms with Crippen LogP contribution in [0.5, 0.6) is 0 Å². The van der Waals surface area contributed by atoms with E-state index in [9.17, 15) is 10.1 Å². The van der Waals surface area contributed by atoms with Gasteiger partial charge in [0.1, 0.15) is 0 Å². The van der Waals surface area contributed by atoms with Gasteiger partial charge in [-0.15, -0.1) is 0 Å². The molecule has 0 aliphatic carbocycles. The second kappa shape index (κ2) is 6.35. The Morgan fingerprint density at radius 3 is 2.36 bits per heavy atom. The molecule has 0 bridgehead atoms. The van der Waals surface area contributed by atoms with E-state index >= 15 is 0 Å². The number of nitro benzene ring substituents is 1. The lowest BCUT2D eigenvalue weighted by atomic mass is 10.0. The molecule has 0 radical (unpaired) electrons. The molecule has 5 aromatic rings. The van der Waals surface area contributed by atoms with Crippen molar-refractivity contribution in [2.75, 3.05) is 0 Å². The maximum Gasteiger partial charge on any atom is 0.277 e. The van der Waals surface area contributed by atoms with Gasteiger partial charge in [0.15, 0.2) is 0 Å². The maximum absolute atomic E-state index is 11.7. The lowest BCUT2D eigenvalue weighted by Gasteiger charge is -2.08. The zero-order valence-electron chi connectivity index (χ0n) is 21.4. The van der Waals surface area contributed by atoms with Crippen LogP contribution in [0.25, 0.3) is 38.6 Å². The van der Waals surface area contributed by atoms with Crippen LogP contribution < -0.4 is 0 Å². The number of nitro groups is 1. The van der Waals surface area contributed by atoms with Crippen LogP contribution in [-0.4, -0.2) is 9.49 Å². The SMILES string of the molecule is [2H]c1c([2H])c([2H])c2c(c1[2H])c1c([2H])c(-c3ccccc3[N+](=O)[O-])c([2H])c([2H])c1n2-c1ccccc1. The van der Waals surface area contributed by atoms with Crippen molar-refractivity contribution in [3.05, 3.63) is 107 Å². The predicted octanol–water partition coefficient (Wildman–Crippen LogP) is 6.36. The molecule has 4 nitrogen and oxygen atoms in total. The summed E-state index contributed by atoms with van der Waals surface area (Å²) < 4.78 is 61.6. The molecule has 1 heterocycles. The highest BCUT2D eigenvalue weighted by molar-refractivity contribution is 6.10. The molecule has 0 saturated carbocycles. The van der Waals surface area contributed by atoms with Crippen LogP contribution in [0.2, 0.25) is 0 Å². The van der Waals surface area contributed by atoms with Crippen LogP contribution in [0.15, 0.2) is 96.9 Å². The molecular weight excluding hydrogens is 348 g/mol. The van der Waals surface area contributed by atoms with E-state index < -0.39 is 23.1 Å². The first-order valence-electron chi connectivity index (χ1n) is 12.0. The van der Waals surface area contributed by atoms with Gasteiger partial charge in [-0.05, 0) is 41.9 Å². The van der Waals surface area contributed by atoms with E-state index in [0.717, 1.165) is 0 Å². The van der Waals surface area contributed by atoms with Crippen molar-refractivity contribution in [3.8, 4) is 16.8 Å². The number of nitrogens with zero attached hydrogens (tertiary/aromatic N) is 2. The van der Waals surface area contributed by atoms with Gasteiger partial charge in [0.2, 0.25) is 0 Å². The summed E-state index contributed by atoms with van der Waals surface area (Å²) in [6.45, 7) is 0. The van der Waals surface area contributed by atoms with Gasteiger partial charge in [-0.2, -0.15) is 0 Å². The van der Waals surface area contributed by atoms with Crippen molar-refractivity contribution in [1.29, 1.82) is 0 Å². The minimum Gasteiger partial charge on any atom is -0.309 e. The number of fused-ring (bicyclic) bond motifs is 3. The molecule has 0 saturated heterocycles. The summed E-state index contributed by atoms with van der Waals surface area (Å²) in [5.74, 6) is 0. The normalized spacial score (nSPS) is 14.6. The minimum absolute atomic E-state index is 0.00986. The average Bonchev–Trinajstić information content (AvgIpc) is 3.22. The highest BCUT2D eigenvalue weighted by Gasteiger charge is 2.17. The van der Waals surface area contributed by atoms with Crippen molar-refractivity contribution in [2.45, 2.75) is 0 Å². The summed E-state index contributed by atoms with van der Waals surface area (Å²) in [6, 6.07) is 11.5. The molecule has 5 rings (SSSR count). The van der Waals surface area contributed by atoms with E-state index in [1.165, 1.54) is 28.8 Å². The van der Waals surface area contributed by atoms with Crippen LogP contribution in [0, 0.1) is 10.1 Å². The first kappa shape index (κ1) is 10.4. The van der Waals surface area contributed by atoms with Crippen LogP contribution in [0.3, 0.4) is 0 Å². The number of benzene rings is 4. The average molecular weight is 371 g/mol. The molecule has 0 fully saturated rings. The Morgan fingerprint density at radius 1 is 0.821 bits per heavy atom. The van der Waals surface area contributed by atoms with Gasteiger partial charge in [-0.25, -0.2) is 0 Å². The van der Waals surface area contributed by atoms with Gasteiger partial charge in [0.05, 0.1) is 31.1 Å². The van der Waals surface area contributed by atoms with Gasteiger partial charge in [-0.1, -0.05) is 54.5 Å². The van der Waals surface area contributed by atoms with Crippen LogP contribution >= 0.6 is 0 Å². The second-order valence-corrected chi connectivity index (χ2v) is 6.14. The monoisotopic (exact) mass is 371 g/mol. The molecule has 134 valence electrons. The van der Waals surface area contributed by atoms with Crippen LogP contribution in [0.1, 0.15) is 9.60 Å². The van der Waals surface area contributed by atoms with Gasteiger partial charge in [0, 0.05) is 22.5 Å².